The van der Waals surface area contributed by atoms with Crippen LogP contribution in [-0.4, -0.2) is 18.1 Å². The predicted octanol–water partition coefficient (Wildman–Crippen LogP) is 0.129. The van der Waals surface area contributed by atoms with Crippen LogP contribution in [0.25, 0.3) is 10.9 Å². The summed E-state index contributed by atoms with van der Waals surface area (Å²) in [7, 11) is 1.31. The minimum Gasteiger partial charge on any atom is -0.465 e. The molecule has 76 valence electrons. The third-order valence-corrected chi connectivity index (χ3v) is 2.08. The lowest BCUT2D eigenvalue weighted by Crippen LogP contribution is -2.28. The summed E-state index contributed by atoms with van der Waals surface area (Å²) < 4.78 is 4.58. The lowest BCUT2D eigenvalue weighted by molar-refractivity contribution is -0.400. The Kier molecular flexibility index (Phi) is 2.21. The van der Waals surface area contributed by atoms with E-state index in [1.165, 1.54) is 7.11 Å². The Labute approximate surface area is 84.7 Å². The highest BCUT2D eigenvalue weighted by Gasteiger charge is 2.08. The maximum absolute atomic E-state index is 11.2. The molecule has 0 amide bonds. The van der Waals surface area contributed by atoms with Crippen LogP contribution in [0.15, 0.2) is 29.2 Å². The van der Waals surface area contributed by atoms with Crippen molar-refractivity contribution >= 4 is 16.9 Å². The van der Waals surface area contributed by atoms with E-state index in [0.29, 0.717) is 11.1 Å². The molecule has 2 aromatic rings. The number of H-pyrrole nitrogens is 2. The van der Waals surface area contributed by atoms with Gasteiger partial charge in [-0.25, -0.2) is 14.8 Å². The Morgan fingerprint density at radius 2 is 2.27 bits per heavy atom. The van der Waals surface area contributed by atoms with Gasteiger partial charge in [0, 0.05) is 6.07 Å². The molecule has 2 N–H and O–H groups in total. The third kappa shape index (κ3) is 1.71. The minimum absolute atomic E-state index is 0.315. The lowest BCUT2D eigenvalue weighted by Gasteiger charge is -1.98. The van der Waals surface area contributed by atoms with Crippen molar-refractivity contribution in [2.45, 2.75) is 0 Å². The molecule has 0 fully saturated rings. The molecular weight excluding hydrogens is 196 g/mol. The number of carbonyl (C=O) groups is 1. The van der Waals surface area contributed by atoms with Crippen molar-refractivity contribution < 1.29 is 14.5 Å². The Bertz CT molecular complexity index is 574. The van der Waals surface area contributed by atoms with Crippen molar-refractivity contribution in [3.05, 3.63) is 40.4 Å². The average molecular weight is 205 g/mol. The van der Waals surface area contributed by atoms with Crippen LogP contribution >= 0.6 is 0 Å². The van der Waals surface area contributed by atoms with E-state index in [4.69, 9.17) is 0 Å². The van der Waals surface area contributed by atoms with E-state index in [1.54, 1.807) is 24.4 Å². The summed E-state index contributed by atoms with van der Waals surface area (Å²) in [6.45, 7) is 0. The van der Waals surface area contributed by atoms with Crippen LogP contribution in [0.2, 0.25) is 0 Å². The minimum atomic E-state index is -0.425. The van der Waals surface area contributed by atoms with Crippen molar-refractivity contribution in [3.63, 3.8) is 0 Å². The van der Waals surface area contributed by atoms with E-state index in [2.05, 4.69) is 14.7 Å². The zero-order valence-corrected chi connectivity index (χ0v) is 8.03. The number of ether oxygens (including phenoxy) is 1. The highest BCUT2D eigenvalue weighted by molar-refractivity contribution is 5.93. The number of esters is 1. The molecule has 0 aliphatic carbocycles. The fourth-order valence-corrected chi connectivity index (χ4v) is 1.34. The average Bonchev–Trinajstić information content (AvgIpc) is 2.27. The van der Waals surface area contributed by atoms with Crippen molar-refractivity contribution in [1.29, 1.82) is 0 Å². The summed E-state index contributed by atoms with van der Waals surface area (Å²) in [5.74, 6) is -0.425. The van der Waals surface area contributed by atoms with Crippen LogP contribution in [0.5, 0.6) is 0 Å². The standard InChI is InChI=1S/C10H8N2O3/c1-15-9(13)6-2-3-7-5-11-10(14)12-8(7)4-6/h2-5H,1H3,(H,11,12,14)/p+1. The van der Waals surface area contributed by atoms with Crippen LogP contribution in [0.1, 0.15) is 10.4 Å². The zero-order chi connectivity index (χ0) is 10.8. The molecule has 0 bridgehead atoms. The molecule has 0 aliphatic heterocycles. The summed E-state index contributed by atoms with van der Waals surface area (Å²) in [6.07, 6.45) is 1.58. The van der Waals surface area contributed by atoms with Gasteiger partial charge < -0.3 is 4.74 Å². The first-order valence-corrected chi connectivity index (χ1v) is 4.34. The maximum atomic E-state index is 11.2. The number of benzene rings is 1. The van der Waals surface area contributed by atoms with Crippen LogP contribution in [0.3, 0.4) is 0 Å². The fraction of sp³-hybridized carbons (Fsp3) is 0.100. The Balaban J connectivity index is 2.64. The van der Waals surface area contributed by atoms with Crippen molar-refractivity contribution in [2.75, 3.05) is 7.11 Å². The first-order valence-electron chi connectivity index (χ1n) is 4.34. The molecule has 0 unspecified atom stereocenters. The normalized spacial score (nSPS) is 10.2. The van der Waals surface area contributed by atoms with Crippen LogP contribution in [0.4, 0.5) is 0 Å². The van der Waals surface area contributed by atoms with Gasteiger partial charge in [-0.2, -0.15) is 4.79 Å². The summed E-state index contributed by atoms with van der Waals surface area (Å²) in [5.41, 5.74) is 0.693. The SMILES string of the molecule is COC(=O)c1ccc2c[nH+]c(=O)[nH]c2c1. The second-order valence-corrected chi connectivity index (χ2v) is 3.04. The van der Waals surface area contributed by atoms with Gasteiger partial charge in [-0.1, -0.05) is 0 Å². The molecule has 1 aromatic carbocycles. The number of hydrogen-bond donors (Lipinski definition) is 1. The molecular formula is C10H9N2O3+. The quantitative estimate of drug-likeness (QED) is 0.672. The van der Waals surface area contributed by atoms with Gasteiger partial charge in [0.2, 0.25) is 0 Å². The lowest BCUT2D eigenvalue weighted by atomic mass is 10.1. The van der Waals surface area contributed by atoms with Gasteiger partial charge in [0.05, 0.1) is 18.1 Å². The number of aromatic nitrogens is 2. The Morgan fingerprint density at radius 1 is 1.47 bits per heavy atom. The first kappa shape index (κ1) is 9.39. The van der Waals surface area contributed by atoms with Crippen molar-refractivity contribution in [2.24, 2.45) is 0 Å². The molecule has 15 heavy (non-hydrogen) atoms. The summed E-state index contributed by atoms with van der Waals surface area (Å²) in [6, 6.07) is 4.95. The third-order valence-electron chi connectivity index (χ3n) is 2.08. The first-order chi connectivity index (χ1) is 7.20. The van der Waals surface area contributed by atoms with Gasteiger partial charge in [0.15, 0.2) is 0 Å². The second kappa shape index (κ2) is 3.53. The van der Waals surface area contributed by atoms with Crippen LogP contribution in [0, 0.1) is 0 Å². The van der Waals surface area contributed by atoms with E-state index in [1.807, 2.05) is 0 Å². The number of hydrogen-bond acceptors (Lipinski definition) is 3. The topological polar surface area (TPSA) is 73.3 Å². The van der Waals surface area contributed by atoms with Gasteiger partial charge in [0.1, 0.15) is 11.7 Å². The fourth-order valence-electron chi connectivity index (χ4n) is 1.34. The number of nitrogens with one attached hydrogen (secondary N) is 2. The molecule has 0 saturated heterocycles. The van der Waals surface area contributed by atoms with E-state index in [-0.39, 0.29) is 5.69 Å². The van der Waals surface area contributed by atoms with Gasteiger partial charge >= 0.3 is 11.7 Å². The van der Waals surface area contributed by atoms with E-state index >= 15 is 0 Å². The van der Waals surface area contributed by atoms with Crippen molar-refractivity contribution in [3.8, 4) is 0 Å². The smallest absolute Gasteiger partial charge is 0.465 e. The van der Waals surface area contributed by atoms with Gasteiger partial charge in [-0.05, 0) is 12.1 Å². The number of carbonyl (C=O) groups excluding carboxylic acids is 1. The summed E-state index contributed by atoms with van der Waals surface area (Å²) in [4.78, 5) is 27.3. The zero-order valence-electron chi connectivity index (χ0n) is 8.03. The molecule has 5 nitrogen and oxygen atoms in total. The van der Waals surface area contributed by atoms with E-state index in [9.17, 15) is 9.59 Å². The number of aromatic amines is 2. The summed E-state index contributed by atoms with van der Waals surface area (Å²) in [5, 5.41) is 0.822. The number of methoxy groups -OCH3 is 1. The van der Waals surface area contributed by atoms with Gasteiger partial charge in [0.25, 0.3) is 0 Å². The molecule has 0 aliphatic rings. The molecule has 0 atom stereocenters. The van der Waals surface area contributed by atoms with Crippen LogP contribution < -0.4 is 10.7 Å². The molecule has 1 heterocycles. The number of fused-ring (bicyclic) bond motifs is 1. The summed E-state index contributed by atoms with van der Waals surface area (Å²) >= 11 is 0. The van der Waals surface area contributed by atoms with Gasteiger partial charge in [-0.15, -0.1) is 0 Å². The maximum Gasteiger partial charge on any atom is 0.493 e. The predicted molar refractivity (Wildman–Crippen MR) is 52.5 cm³/mol. The highest BCUT2D eigenvalue weighted by Crippen LogP contribution is 2.11. The van der Waals surface area contributed by atoms with Gasteiger partial charge in [-0.3, -0.25) is 0 Å². The second-order valence-electron chi connectivity index (χ2n) is 3.04. The van der Waals surface area contributed by atoms with E-state index < -0.39 is 5.97 Å². The Morgan fingerprint density at radius 3 is 3.00 bits per heavy atom. The molecule has 1 aromatic heterocycles. The highest BCUT2D eigenvalue weighted by atomic mass is 16.5. The largest absolute Gasteiger partial charge is 0.493 e. The van der Waals surface area contributed by atoms with Crippen LogP contribution in [-0.2, 0) is 4.74 Å². The molecule has 0 spiro atoms. The molecule has 0 saturated carbocycles. The number of rotatable bonds is 1. The molecule has 5 heteroatoms. The Hall–Kier alpha value is -2.17. The van der Waals surface area contributed by atoms with E-state index in [0.717, 1.165) is 5.39 Å². The molecule has 0 radical (unpaired) electrons. The van der Waals surface area contributed by atoms with Crippen molar-refractivity contribution in [1.82, 2.24) is 4.98 Å². The monoisotopic (exact) mass is 205 g/mol. The molecule has 2 rings (SSSR count).